The molecule has 0 saturated carbocycles. The van der Waals surface area contributed by atoms with Crippen molar-refractivity contribution in [1.29, 1.82) is 0 Å². The van der Waals surface area contributed by atoms with Crippen LogP contribution in [0.3, 0.4) is 0 Å². The smallest absolute Gasteiger partial charge is 0.265 e. The molecule has 1 N–H and O–H groups in total. The highest BCUT2D eigenvalue weighted by Crippen LogP contribution is 2.31. The lowest BCUT2D eigenvalue weighted by Crippen LogP contribution is -2.31. The van der Waals surface area contributed by atoms with E-state index in [9.17, 15) is 9.59 Å². The monoisotopic (exact) mass is 517 g/mol. The minimum absolute atomic E-state index is 0.122. The number of nitrogens with zero attached hydrogens (tertiary/aromatic N) is 4. The summed E-state index contributed by atoms with van der Waals surface area (Å²) in [6.07, 6.45) is 3.27. The second-order valence-corrected chi connectivity index (χ2v) is 9.94. The van der Waals surface area contributed by atoms with Gasteiger partial charge < -0.3 is 14.8 Å². The molecule has 8 heteroatoms. The standard InChI is InChI=1S/C30H23N5O2S/c1-34-25-10-6-5-9-24(25)33-28(34)19-35(30(37)20-7-3-2-4-8-20)23-11-12-26-21(17-23)18-27(38-26)29(36)32-22-13-15-31-16-14-22/h2-18H,19H2,1H3,(H,31,32,36). The molecular formula is C30H23N5O2S. The summed E-state index contributed by atoms with van der Waals surface area (Å²) in [7, 11) is 1.96. The summed E-state index contributed by atoms with van der Waals surface area (Å²) in [4.78, 5) is 37.7. The Morgan fingerprint density at radius 1 is 0.921 bits per heavy atom. The van der Waals surface area contributed by atoms with E-state index >= 15 is 0 Å². The highest BCUT2D eigenvalue weighted by atomic mass is 32.1. The highest BCUT2D eigenvalue weighted by Gasteiger charge is 2.22. The third-order valence-corrected chi connectivity index (χ3v) is 7.53. The quantitative estimate of drug-likeness (QED) is 0.282. The minimum Gasteiger partial charge on any atom is -0.330 e. The van der Waals surface area contributed by atoms with Crippen molar-refractivity contribution in [2.45, 2.75) is 6.54 Å². The number of aryl methyl sites for hydroxylation is 1. The second kappa shape index (κ2) is 9.91. The average Bonchev–Trinajstić information content (AvgIpc) is 3.53. The number of aromatic nitrogens is 3. The van der Waals surface area contributed by atoms with E-state index in [0.717, 1.165) is 32.6 Å². The molecule has 3 heterocycles. The van der Waals surface area contributed by atoms with Crippen LogP contribution in [0.5, 0.6) is 0 Å². The van der Waals surface area contributed by atoms with E-state index in [-0.39, 0.29) is 11.8 Å². The molecule has 0 bridgehead atoms. The van der Waals surface area contributed by atoms with Crippen molar-refractivity contribution < 1.29 is 9.59 Å². The number of amides is 2. The van der Waals surface area contributed by atoms with Gasteiger partial charge in [0.15, 0.2) is 0 Å². The number of rotatable bonds is 6. The number of hydrogen-bond donors (Lipinski definition) is 1. The van der Waals surface area contributed by atoms with Gasteiger partial charge in [0.05, 0.1) is 22.5 Å². The largest absolute Gasteiger partial charge is 0.330 e. The molecule has 0 spiro atoms. The molecule has 0 aliphatic carbocycles. The molecule has 0 radical (unpaired) electrons. The fraction of sp³-hybridized carbons (Fsp3) is 0.0667. The maximum atomic E-state index is 13.8. The van der Waals surface area contributed by atoms with E-state index in [2.05, 4.69) is 10.3 Å². The first-order valence-electron chi connectivity index (χ1n) is 12.1. The van der Waals surface area contributed by atoms with Gasteiger partial charge in [0, 0.05) is 41.1 Å². The Kier molecular flexibility index (Phi) is 6.15. The first-order chi connectivity index (χ1) is 18.6. The number of benzene rings is 3. The lowest BCUT2D eigenvalue weighted by atomic mass is 10.1. The summed E-state index contributed by atoms with van der Waals surface area (Å²) in [5, 5.41) is 3.80. The van der Waals surface area contributed by atoms with E-state index in [0.29, 0.717) is 22.7 Å². The SMILES string of the molecule is Cn1c(CN(C(=O)c2ccccc2)c2ccc3sc(C(=O)Nc4ccncc4)cc3c2)nc2ccccc21. The van der Waals surface area contributed by atoms with Gasteiger partial charge in [-0.1, -0.05) is 30.3 Å². The molecule has 0 aliphatic heterocycles. The summed E-state index contributed by atoms with van der Waals surface area (Å²) in [6.45, 7) is 0.296. The topological polar surface area (TPSA) is 80.1 Å². The van der Waals surface area contributed by atoms with Gasteiger partial charge >= 0.3 is 0 Å². The molecule has 0 atom stereocenters. The Balaban J connectivity index is 1.37. The molecule has 6 rings (SSSR count). The van der Waals surface area contributed by atoms with Crippen LogP contribution in [0.1, 0.15) is 25.9 Å². The van der Waals surface area contributed by atoms with Crippen LogP contribution in [0.15, 0.2) is 103 Å². The molecule has 6 aromatic rings. The third kappa shape index (κ3) is 4.53. The maximum absolute atomic E-state index is 13.8. The average molecular weight is 518 g/mol. The Bertz CT molecular complexity index is 1780. The maximum Gasteiger partial charge on any atom is 0.265 e. The Morgan fingerprint density at radius 3 is 2.47 bits per heavy atom. The van der Waals surface area contributed by atoms with Gasteiger partial charge in [0.25, 0.3) is 11.8 Å². The van der Waals surface area contributed by atoms with Crippen molar-refractivity contribution in [3.8, 4) is 0 Å². The second-order valence-electron chi connectivity index (χ2n) is 8.86. The number of carbonyl (C=O) groups excluding carboxylic acids is 2. The van der Waals surface area contributed by atoms with Crippen LogP contribution < -0.4 is 10.2 Å². The summed E-state index contributed by atoms with van der Waals surface area (Å²) < 4.78 is 2.98. The fourth-order valence-corrected chi connectivity index (χ4v) is 5.37. The first-order valence-corrected chi connectivity index (χ1v) is 12.9. The van der Waals surface area contributed by atoms with Gasteiger partial charge in [0.2, 0.25) is 0 Å². The number of fused-ring (bicyclic) bond motifs is 2. The van der Waals surface area contributed by atoms with Crippen molar-refractivity contribution in [3.63, 3.8) is 0 Å². The summed E-state index contributed by atoms with van der Waals surface area (Å²) in [6, 6.07) is 28.4. The Labute approximate surface area is 223 Å². The van der Waals surface area contributed by atoms with Gasteiger partial charge in [-0.15, -0.1) is 11.3 Å². The van der Waals surface area contributed by atoms with Gasteiger partial charge in [-0.05, 0) is 66.0 Å². The molecular weight excluding hydrogens is 494 g/mol. The number of pyridine rings is 1. The molecule has 38 heavy (non-hydrogen) atoms. The fourth-order valence-electron chi connectivity index (χ4n) is 4.43. The number of para-hydroxylation sites is 2. The van der Waals surface area contributed by atoms with E-state index in [1.165, 1.54) is 11.3 Å². The van der Waals surface area contributed by atoms with Gasteiger partial charge in [-0.3, -0.25) is 14.6 Å². The number of anilines is 2. The van der Waals surface area contributed by atoms with Crippen molar-refractivity contribution in [2.75, 3.05) is 10.2 Å². The van der Waals surface area contributed by atoms with Crippen LogP contribution in [-0.2, 0) is 13.6 Å². The molecule has 0 unspecified atom stereocenters. The highest BCUT2D eigenvalue weighted by molar-refractivity contribution is 7.20. The molecule has 3 aromatic carbocycles. The zero-order valence-corrected chi connectivity index (χ0v) is 21.4. The number of hydrogen-bond acceptors (Lipinski definition) is 5. The van der Waals surface area contributed by atoms with E-state index in [1.54, 1.807) is 29.4 Å². The van der Waals surface area contributed by atoms with Crippen LogP contribution in [0.25, 0.3) is 21.1 Å². The van der Waals surface area contributed by atoms with Crippen molar-refractivity contribution >= 4 is 55.6 Å². The molecule has 3 aromatic heterocycles. The predicted molar refractivity (Wildman–Crippen MR) is 152 cm³/mol. The summed E-state index contributed by atoms with van der Waals surface area (Å²) >= 11 is 1.41. The van der Waals surface area contributed by atoms with Crippen LogP contribution in [0, 0.1) is 0 Å². The third-order valence-electron chi connectivity index (χ3n) is 6.42. The number of carbonyl (C=O) groups is 2. The van der Waals surface area contributed by atoms with Crippen molar-refractivity contribution in [2.24, 2.45) is 7.05 Å². The number of imidazole rings is 1. The van der Waals surface area contributed by atoms with Crippen LogP contribution >= 0.6 is 11.3 Å². The zero-order chi connectivity index (χ0) is 26.1. The zero-order valence-electron chi connectivity index (χ0n) is 20.5. The summed E-state index contributed by atoms with van der Waals surface area (Å²) in [5.74, 6) is 0.470. The molecule has 0 aliphatic rings. The molecule has 0 saturated heterocycles. The number of nitrogens with one attached hydrogen (secondary N) is 1. The predicted octanol–water partition coefficient (Wildman–Crippen LogP) is 6.28. The van der Waals surface area contributed by atoms with Crippen LogP contribution in [0.2, 0.25) is 0 Å². The Morgan fingerprint density at radius 2 is 1.68 bits per heavy atom. The first kappa shape index (κ1) is 23.6. The van der Waals surface area contributed by atoms with E-state index < -0.39 is 0 Å². The molecule has 0 fully saturated rings. The van der Waals surface area contributed by atoms with Gasteiger partial charge in [-0.2, -0.15) is 0 Å². The minimum atomic E-state index is -0.184. The molecule has 7 nitrogen and oxygen atoms in total. The normalized spacial score (nSPS) is 11.1. The van der Waals surface area contributed by atoms with Crippen LogP contribution in [-0.4, -0.2) is 26.3 Å². The molecule has 2 amide bonds. The van der Waals surface area contributed by atoms with Gasteiger partial charge in [0.1, 0.15) is 5.82 Å². The number of thiophene rings is 1. The summed E-state index contributed by atoms with van der Waals surface area (Å²) in [5.41, 5.74) is 3.90. The van der Waals surface area contributed by atoms with E-state index in [4.69, 9.17) is 4.98 Å². The van der Waals surface area contributed by atoms with Crippen molar-refractivity contribution in [1.82, 2.24) is 14.5 Å². The Hall–Kier alpha value is -4.82. The van der Waals surface area contributed by atoms with Gasteiger partial charge in [-0.25, -0.2) is 4.98 Å². The van der Waals surface area contributed by atoms with Crippen molar-refractivity contribution in [3.05, 3.63) is 120 Å². The lowest BCUT2D eigenvalue weighted by Gasteiger charge is -2.23. The van der Waals surface area contributed by atoms with Crippen LogP contribution in [0.4, 0.5) is 11.4 Å². The van der Waals surface area contributed by atoms with E-state index in [1.807, 2.05) is 90.5 Å². The lowest BCUT2D eigenvalue weighted by molar-refractivity contribution is 0.0983. The molecule has 186 valence electrons.